The van der Waals surface area contributed by atoms with E-state index in [9.17, 15) is 4.79 Å². The molecular formula is C8H16N2O3S. The van der Waals surface area contributed by atoms with Gasteiger partial charge in [0, 0.05) is 18.1 Å². The topological polar surface area (TPSA) is 73.6 Å². The molecule has 0 radical (unpaired) electrons. The van der Waals surface area contributed by atoms with Gasteiger partial charge in [-0.3, -0.25) is 4.79 Å². The Hall–Kier alpha value is -0.300. The molecule has 5 nitrogen and oxygen atoms in total. The fourth-order valence-electron chi connectivity index (χ4n) is 1.26. The summed E-state index contributed by atoms with van der Waals surface area (Å²) in [6.45, 7) is 0.879. The van der Waals surface area contributed by atoms with Gasteiger partial charge in [0.1, 0.15) is 0 Å². The van der Waals surface area contributed by atoms with Crippen LogP contribution in [0.2, 0.25) is 0 Å². The minimum absolute atomic E-state index is 0.327. The second kappa shape index (κ2) is 7.05. The molecule has 6 heteroatoms. The molecule has 1 atom stereocenters. The van der Waals surface area contributed by atoms with Gasteiger partial charge in [-0.2, -0.15) is 11.8 Å². The zero-order chi connectivity index (χ0) is 10.2. The van der Waals surface area contributed by atoms with Gasteiger partial charge in [-0.05, 0) is 12.8 Å². The Balaban J connectivity index is 1.90. The highest BCUT2D eigenvalue weighted by Gasteiger charge is 2.15. The number of nitrogens with one attached hydrogen (secondary N) is 1. The van der Waals surface area contributed by atoms with Crippen molar-refractivity contribution in [2.45, 2.75) is 25.4 Å². The molecule has 0 bridgehead atoms. The van der Waals surface area contributed by atoms with Crippen LogP contribution in [0.4, 0.5) is 0 Å². The second-order valence-corrected chi connectivity index (χ2v) is 4.20. The molecule has 1 saturated heterocycles. The molecule has 1 unspecified atom stereocenters. The summed E-state index contributed by atoms with van der Waals surface area (Å²) in [4.78, 5) is 15.2. The van der Waals surface area contributed by atoms with Crippen LogP contribution >= 0.6 is 11.8 Å². The summed E-state index contributed by atoms with van der Waals surface area (Å²) in [5.74, 6) is 6.20. The van der Waals surface area contributed by atoms with Gasteiger partial charge in [0.15, 0.2) is 0 Å². The van der Waals surface area contributed by atoms with Crippen LogP contribution in [0.3, 0.4) is 0 Å². The van der Waals surface area contributed by atoms with Crippen molar-refractivity contribution in [1.82, 2.24) is 5.59 Å². The monoisotopic (exact) mass is 220 g/mol. The van der Waals surface area contributed by atoms with E-state index in [0.717, 1.165) is 31.0 Å². The number of rotatable bonds is 6. The molecule has 3 N–H and O–H groups in total. The van der Waals surface area contributed by atoms with E-state index in [1.165, 1.54) is 0 Å². The van der Waals surface area contributed by atoms with Crippen molar-refractivity contribution >= 4 is 17.7 Å². The third-order valence-corrected chi connectivity index (χ3v) is 3.05. The Morgan fingerprint density at radius 2 is 2.57 bits per heavy atom. The summed E-state index contributed by atoms with van der Waals surface area (Å²) in [6, 6.07) is 0. The Bertz CT molecular complexity index is 174. The molecule has 0 aromatic heterocycles. The van der Waals surface area contributed by atoms with E-state index in [-0.39, 0.29) is 5.97 Å². The van der Waals surface area contributed by atoms with E-state index in [1.807, 2.05) is 5.59 Å². The van der Waals surface area contributed by atoms with Gasteiger partial charge in [0.05, 0.1) is 12.5 Å². The minimum Gasteiger partial charge on any atom is -0.377 e. The minimum atomic E-state index is -0.327. The van der Waals surface area contributed by atoms with Gasteiger partial charge in [0.25, 0.3) is 0 Å². The van der Waals surface area contributed by atoms with Crippen LogP contribution in [0.25, 0.3) is 0 Å². The van der Waals surface area contributed by atoms with Gasteiger partial charge in [-0.25, -0.2) is 5.84 Å². The molecule has 1 fully saturated rings. The maximum absolute atomic E-state index is 10.8. The largest absolute Gasteiger partial charge is 0.377 e. The molecule has 0 aromatic carbocycles. The summed E-state index contributed by atoms with van der Waals surface area (Å²) in [6.07, 6.45) is 3.05. The van der Waals surface area contributed by atoms with Crippen molar-refractivity contribution in [2.75, 3.05) is 18.1 Å². The number of hydrazine groups is 1. The molecular weight excluding hydrogens is 204 g/mol. The van der Waals surface area contributed by atoms with Crippen LogP contribution in [-0.2, 0) is 14.4 Å². The number of carbonyl (C=O) groups is 1. The van der Waals surface area contributed by atoms with Gasteiger partial charge >= 0.3 is 5.97 Å². The molecule has 0 spiro atoms. The Kier molecular flexibility index (Phi) is 5.93. The Morgan fingerprint density at radius 1 is 1.71 bits per heavy atom. The summed E-state index contributed by atoms with van der Waals surface area (Å²) < 4.78 is 5.44. The van der Waals surface area contributed by atoms with Crippen molar-refractivity contribution in [3.05, 3.63) is 0 Å². The summed E-state index contributed by atoms with van der Waals surface area (Å²) in [5, 5.41) is 0. The molecule has 0 aromatic rings. The first-order valence-electron chi connectivity index (χ1n) is 4.67. The van der Waals surface area contributed by atoms with Crippen molar-refractivity contribution in [2.24, 2.45) is 5.84 Å². The molecule has 0 aliphatic carbocycles. The van der Waals surface area contributed by atoms with E-state index in [1.54, 1.807) is 11.8 Å². The number of hydrogen-bond acceptors (Lipinski definition) is 6. The van der Waals surface area contributed by atoms with Crippen LogP contribution < -0.4 is 11.4 Å². The molecule has 14 heavy (non-hydrogen) atoms. The zero-order valence-corrected chi connectivity index (χ0v) is 8.85. The molecule has 0 amide bonds. The summed E-state index contributed by atoms with van der Waals surface area (Å²) in [5.41, 5.74) is 1.87. The van der Waals surface area contributed by atoms with Crippen LogP contribution in [0.5, 0.6) is 0 Å². The van der Waals surface area contributed by atoms with Crippen LogP contribution in [0.15, 0.2) is 0 Å². The normalized spacial score (nSPS) is 21.1. The third kappa shape index (κ3) is 4.80. The van der Waals surface area contributed by atoms with Crippen molar-refractivity contribution in [3.63, 3.8) is 0 Å². The lowest BCUT2D eigenvalue weighted by Gasteiger charge is -2.07. The third-order valence-electron chi connectivity index (χ3n) is 1.95. The first kappa shape index (κ1) is 11.8. The van der Waals surface area contributed by atoms with Crippen LogP contribution in [-0.4, -0.2) is 30.2 Å². The molecule has 1 heterocycles. The van der Waals surface area contributed by atoms with Gasteiger partial charge in [0.2, 0.25) is 0 Å². The summed E-state index contributed by atoms with van der Waals surface area (Å²) in [7, 11) is 0. The number of ether oxygens (including phenoxy) is 1. The average Bonchev–Trinajstić information content (AvgIpc) is 2.65. The molecule has 1 aliphatic rings. The van der Waals surface area contributed by atoms with Gasteiger partial charge in [-0.1, -0.05) is 5.59 Å². The lowest BCUT2D eigenvalue weighted by molar-refractivity contribution is -0.150. The van der Waals surface area contributed by atoms with Crippen molar-refractivity contribution in [1.29, 1.82) is 0 Å². The summed E-state index contributed by atoms with van der Waals surface area (Å²) >= 11 is 1.71. The maximum atomic E-state index is 10.8. The highest BCUT2D eigenvalue weighted by molar-refractivity contribution is 7.99. The number of carbonyl (C=O) groups excluding carboxylic acids is 1. The number of hydrogen-bond donors (Lipinski definition) is 2. The Labute approximate surface area is 87.6 Å². The van der Waals surface area contributed by atoms with E-state index < -0.39 is 0 Å². The van der Waals surface area contributed by atoms with Crippen LogP contribution in [0, 0.1) is 0 Å². The second-order valence-electron chi connectivity index (χ2n) is 3.05. The highest BCUT2D eigenvalue weighted by atomic mass is 32.2. The fourth-order valence-corrected chi connectivity index (χ4v) is 2.27. The first-order valence-corrected chi connectivity index (χ1v) is 5.83. The number of thioether (sulfide) groups is 1. The predicted molar refractivity (Wildman–Crippen MR) is 54.3 cm³/mol. The van der Waals surface area contributed by atoms with E-state index >= 15 is 0 Å². The average molecular weight is 220 g/mol. The lowest BCUT2D eigenvalue weighted by Crippen LogP contribution is -2.26. The van der Waals surface area contributed by atoms with E-state index in [0.29, 0.717) is 12.5 Å². The maximum Gasteiger partial charge on any atom is 0.327 e. The Morgan fingerprint density at radius 3 is 3.21 bits per heavy atom. The molecule has 1 aliphatic heterocycles. The van der Waals surface area contributed by atoms with Crippen molar-refractivity contribution < 1.29 is 14.4 Å². The SMILES string of the molecule is NNOC(=O)CCSCC1CCCO1. The highest BCUT2D eigenvalue weighted by Crippen LogP contribution is 2.17. The fraction of sp³-hybridized carbons (Fsp3) is 0.875. The van der Waals surface area contributed by atoms with Crippen LogP contribution in [0.1, 0.15) is 19.3 Å². The standard InChI is InChI=1S/C8H16N2O3S/c9-10-13-8(11)3-5-14-6-7-2-1-4-12-7/h7,10H,1-6,9H2. The molecule has 1 rings (SSSR count). The molecule has 0 saturated carbocycles. The predicted octanol–water partition coefficient (Wildman–Crippen LogP) is 0.210. The first-order chi connectivity index (χ1) is 6.83. The lowest BCUT2D eigenvalue weighted by atomic mass is 10.3. The quantitative estimate of drug-likeness (QED) is 0.379. The van der Waals surface area contributed by atoms with E-state index in [4.69, 9.17) is 10.6 Å². The number of nitrogens with two attached hydrogens (primary N) is 1. The van der Waals surface area contributed by atoms with Crippen molar-refractivity contribution in [3.8, 4) is 0 Å². The zero-order valence-electron chi connectivity index (χ0n) is 8.03. The van der Waals surface area contributed by atoms with Gasteiger partial charge in [-0.15, -0.1) is 0 Å². The molecule has 82 valence electrons. The smallest absolute Gasteiger partial charge is 0.327 e. The van der Waals surface area contributed by atoms with Gasteiger partial charge < -0.3 is 9.57 Å². The van der Waals surface area contributed by atoms with E-state index in [2.05, 4.69) is 4.84 Å².